The van der Waals surface area contributed by atoms with Crippen LogP contribution in [0.4, 0.5) is 0 Å². The minimum Gasteiger partial charge on any atom is -0.478 e. The maximum atomic E-state index is 11.2. The lowest BCUT2D eigenvalue weighted by Gasteiger charge is -2.12. The molecule has 4 nitrogen and oxygen atoms in total. The molecule has 0 saturated heterocycles. The van der Waals surface area contributed by atoms with E-state index in [0.29, 0.717) is 10.6 Å². The van der Waals surface area contributed by atoms with E-state index in [0.717, 1.165) is 0 Å². The van der Waals surface area contributed by atoms with Gasteiger partial charge in [0.15, 0.2) is 0 Å². The third kappa shape index (κ3) is 2.73. The van der Waals surface area contributed by atoms with Crippen LogP contribution in [0.25, 0.3) is 0 Å². The Bertz CT molecular complexity index is 720. The van der Waals surface area contributed by atoms with Crippen molar-refractivity contribution >= 4 is 17.6 Å². The number of hydrogen-bond acceptors (Lipinski definition) is 3. The van der Waals surface area contributed by atoms with E-state index < -0.39 is 5.97 Å². The second-order valence-electron chi connectivity index (χ2n) is 4.11. The number of rotatable bonds is 3. The highest BCUT2D eigenvalue weighted by atomic mass is 35.5. The molecule has 0 aliphatic carbocycles. The van der Waals surface area contributed by atoms with E-state index in [2.05, 4.69) is 0 Å². The minimum atomic E-state index is -1.09. The van der Waals surface area contributed by atoms with Gasteiger partial charge in [0.25, 0.3) is 0 Å². The smallest absolute Gasteiger partial charge is 0.339 e. The number of benzene rings is 2. The van der Waals surface area contributed by atoms with Crippen LogP contribution in [-0.4, -0.2) is 11.1 Å². The van der Waals surface area contributed by atoms with Crippen molar-refractivity contribution < 1.29 is 14.6 Å². The molecule has 0 aromatic heterocycles. The molecule has 5 heteroatoms. The number of aromatic carboxylic acids is 1. The summed E-state index contributed by atoms with van der Waals surface area (Å²) in [6, 6.07) is 11.4. The Morgan fingerprint density at radius 2 is 2.10 bits per heavy atom. The van der Waals surface area contributed by atoms with Gasteiger partial charge in [0.05, 0.1) is 5.56 Å². The van der Waals surface area contributed by atoms with Crippen LogP contribution in [0, 0.1) is 18.3 Å². The molecule has 0 bridgehead atoms. The molecule has 0 unspecified atom stereocenters. The molecule has 0 aliphatic rings. The molecule has 0 heterocycles. The molecule has 0 spiro atoms. The number of aryl methyl sites for hydroxylation is 1. The predicted octanol–water partition coefficient (Wildman–Crippen LogP) is 4.01. The van der Waals surface area contributed by atoms with E-state index in [1.807, 2.05) is 6.07 Å². The van der Waals surface area contributed by atoms with Gasteiger partial charge in [-0.25, -0.2) is 4.79 Å². The number of ether oxygens (including phenoxy) is 1. The zero-order chi connectivity index (χ0) is 14.7. The number of halogens is 1. The number of para-hydroxylation sites is 1. The fraction of sp³-hybridized carbons (Fsp3) is 0.0667. The molecule has 2 aromatic rings. The fourth-order valence-electron chi connectivity index (χ4n) is 1.74. The lowest BCUT2D eigenvalue weighted by Crippen LogP contribution is -2.02. The molecule has 0 amide bonds. The first-order valence-corrected chi connectivity index (χ1v) is 6.11. The molecule has 2 aromatic carbocycles. The maximum absolute atomic E-state index is 11.2. The topological polar surface area (TPSA) is 70.3 Å². The third-order valence-corrected chi connectivity index (χ3v) is 2.95. The van der Waals surface area contributed by atoms with Gasteiger partial charge in [-0.1, -0.05) is 23.7 Å². The highest BCUT2D eigenvalue weighted by Crippen LogP contribution is 2.32. The lowest BCUT2D eigenvalue weighted by atomic mass is 10.1. The zero-order valence-electron chi connectivity index (χ0n) is 10.6. The summed E-state index contributed by atoms with van der Waals surface area (Å²) < 4.78 is 5.62. The van der Waals surface area contributed by atoms with E-state index >= 15 is 0 Å². The SMILES string of the molecule is Cc1cccc(C(=O)O)c1Oc1cc(Cl)ccc1C#N. The van der Waals surface area contributed by atoms with Gasteiger partial charge in [0, 0.05) is 11.1 Å². The predicted molar refractivity (Wildman–Crippen MR) is 74.4 cm³/mol. The monoisotopic (exact) mass is 287 g/mol. The molecule has 0 atom stereocenters. The molecule has 0 saturated carbocycles. The van der Waals surface area contributed by atoms with E-state index in [4.69, 9.17) is 21.6 Å². The molecule has 2 rings (SSSR count). The summed E-state index contributed by atoms with van der Waals surface area (Å²) in [4.78, 5) is 11.2. The Hall–Kier alpha value is -2.51. The number of nitriles is 1. The number of carboxylic acids is 1. The number of hydrogen-bond donors (Lipinski definition) is 1. The molecule has 0 aliphatic heterocycles. The number of nitrogens with zero attached hydrogens (tertiary/aromatic N) is 1. The van der Waals surface area contributed by atoms with Gasteiger partial charge in [0.2, 0.25) is 0 Å². The quantitative estimate of drug-likeness (QED) is 0.926. The summed E-state index contributed by atoms with van der Waals surface area (Å²) in [6.45, 7) is 1.73. The zero-order valence-corrected chi connectivity index (χ0v) is 11.3. The van der Waals surface area contributed by atoms with Crippen LogP contribution in [0.1, 0.15) is 21.5 Å². The molecule has 1 N–H and O–H groups in total. The Labute approximate surface area is 120 Å². The first kappa shape index (κ1) is 13.9. The molecule has 100 valence electrons. The third-order valence-electron chi connectivity index (χ3n) is 2.72. The lowest BCUT2D eigenvalue weighted by molar-refractivity contribution is 0.0694. The number of carboxylic acid groups (broad SMARTS) is 1. The van der Waals surface area contributed by atoms with Crippen molar-refractivity contribution in [3.05, 3.63) is 58.1 Å². The van der Waals surface area contributed by atoms with Gasteiger partial charge in [-0.05, 0) is 30.7 Å². The Kier molecular flexibility index (Phi) is 3.92. The van der Waals surface area contributed by atoms with Crippen molar-refractivity contribution in [3.8, 4) is 17.6 Å². The van der Waals surface area contributed by atoms with Crippen LogP contribution < -0.4 is 4.74 Å². The van der Waals surface area contributed by atoms with Gasteiger partial charge in [-0.3, -0.25) is 0 Å². The summed E-state index contributed by atoms with van der Waals surface area (Å²) in [7, 11) is 0. The van der Waals surface area contributed by atoms with Crippen molar-refractivity contribution in [1.82, 2.24) is 0 Å². The van der Waals surface area contributed by atoms with Crippen LogP contribution >= 0.6 is 11.6 Å². The summed E-state index contributed by atoms with van der Waals surface area (Å²) in [5, 5.41) is 18.6. The summed E-state index contributed by atoms with van der Waals surface area (Å²) in [5.74, 6) is -0.653. The van der Waals surface area contributed by atoms with Gasteiger partial charge >= 0.3 is 5.97 Å². The molecular formula is C15H10ClNO3. The Morgan fingerprint density at radius 3 is 2.75 bits per heavy atom. The summed E-state index contributed by atoms with van der Waals surface area (Å²) in [5.41, 5.74) is 0.983. The largest absolute Gasteiger partial charge is 0.478 e. The average molecular weight is 288 g/mol. The molecular weight excluding hydrogens is 278 g/mol. The van der Waals surface area contributed by atoms with Crippen LogP contribution in [0.2, 0.25) is 5.02 Å². The van der Waals surface area contributed by atoms with Crippen molar-refractivity contribution in [2.24, 2.45) is 0 Å². The van der Waals surface area contributed by atoms with Crippen molar-refractivity contribution in [1.29, 1.82) is 5.26 Å². The van der Waals surface area contributed by atoms with Crippen LogP contribution in [0.5, 0.6) is 11.5 Å². The Morgan fingerprint density at radius 1 is 1.35 bits per heavy atom. The minimum absolute atomic E-state index is 0.0360. The molecule has 0 fully saturated rings. The van der Waals surface area contributed by atoms with Crippen molar-refractivity contribution in [2.45, 2.75) is 6.92 Å². The van der Waals surface area contributed by atoms with Gasteiger partial charge in [-0.15, -0.1) is 0 Å². The van der Waals surface area contributed by atoms with Gasteiger partial charge in [0.1, 0.15) is 23.1 Å². The second-order valence-corrected chi connectivity index (χ2v) is 4.55. The molecule has 20 heavy (non-hydrogen) atoms. The van der Waals surface area contributed by atoms with Crippen molar-refractivity contribution in [2.75, 3.05) is 0 Å². The highest BCUT2D eigenvalue weighted by molar-refractivity contribution is 6.30. The maximum Gasteiger partial charge on any atom is 0.339 e. The van der Waals surface area contributed by atoms with Crippen LogP contribution in [0.3, 0.4) is 0 Å². The van der Waals surface area contributed by atoms with Crippen LogP contribution in [-0.2, 0) is 0 Å². The van der Waals surface area contributed by atoms with E-state index in [1.165, 1.54) is 18.2 Å². The Balaban J connectivity index is 2.53. The summed E-state index contributed by atoms with van der Waals surface area (Å²) in [6.07, 6.45) is 0. The first-order valence-electron chi connectivity index (χ1n) is 5.73. The van der Waals surface area contributed by atoms with Crippen molar-refractivity contribution in [3.63, 3.8) is 0 Å². The average Bonchev–Trinajstić information content (AvgIpc) is 2.41. The van der Waals surface area contributed by atoms with Crippen LogP contribution in [0.15, 0.2) is 36.4 Å². The standard InChI is InChI=1S/C15H10ClNO3/c1-9-3-2-4-12(15(18)19)14(9)20-13-7-11(16)6-5-10(13)8-17/h2-7H,1H3,(H,18,19). The first-order chi connectivity index (χ1) is 9.52. The second kappa shape index (κ2) is 5.64. The highest BCUT2D eigenvalue weighted by Gasteiger charge is 2.16. The van der Waals surface area contributed by atoms with E-state index in [9.17, 15) is 9.90 Å². The summed E-state index contributed by atoms with van der Waals surface area (Å²) >= 11 is 5.88. The number of carbonyl (C=O) groups is 1. The van der Waals surface area contributed by atoms with E-state index in [-0.39, 0.29) is 22.6 Å². The van der Waals surface area contributed by atoms with Gasteiger partial charge < -0.3 is 9.84 Å². The van der Waals surface area contributed by atoms with Gasteiger partial charge in [-0.2, -0.15) is 5.26 Å². The van der Waals surface area contributed by atoms with E-state index in [1.54, 1.807) is 25.1 Å². The normalized spacial score (nSPS) is 9.85. The molecule has 0 radical (unpaired) electrons. The fourth-order valence-corrected chi connectivity index (χ4v) is 1.90.